The van der Waals surface area contributed by atoms with Gasteiger partial charge in [-0.05, 0) is 73.0 Å². The van der Waals surface area contributed by atoms with Crippen LogP contribution < -0.4 is 35.8 Å². The van der Waals surface area contributed by atoms with Crippen molar-refractivity contribution in [3.63, 3.8) is 0 Å². The Hall–Kier alpha value is -5.51. The molecule has 3 aromatic rings. The lowest BCUT2D eigenvalue weighted by Crippen LogP contribution is -2.53. The van der Waals surface area contributed by atoms with E-state index in [2.05, 4.69) is 28.3 Å². The molecule has 1 heterocycles. The molecule has 5 N–H and O–H groups in total. The minimum Gasteiger partial charge on any atom is -0.542 e. The lowest BCUT2D eigenvalue weighted by Gasteiger charge is -2.30. The number of anilines is 1. The number of aliphatic carboxylic acids is 1. The van der Waals surface area contributed by atoms with Crippen molar-refractivity contribution < 1.29 is 56.5 Å². The van der Waals surface area contributed by atoms with Crippen LogP contribution in [0.4, 0.5) is 23.7 Å². The quantitative estimate of drug-likeness (QED) is 0.177. The number of carboxylic acid groups (broad SMARTS) is 1. The molecular weight excluding hydrogens is 687 g/mol. The molecule has 3 aromatic carbocycles. The predicted molar refractivity (Wildman–Crippen MR) is 181 cm³/mol. The number of likely N-dealkylation sites (tertiary alicyclic amines) is 1. The first kappa shape index (κ1) is 39.3. The Morgan fingerprint density at radius 2 is 1.50 bits per heavy atom. The number of nitrogens with zero attached hydrogens (tertiary/aromatic N) is 1. The number of benzene rings is 3. The SMILES string of the molecule is COc1ccc(C[N+]2(C)CC[C@H](NC(=O)[C@H](Cc3ccc(O)cc3)NC(=O)Nc3ccc(C(=O)NC4CC4)cc3)C2)cc1OC.O=C([O-])C(F)(F)F. The van der Waals surface area contributed by atoms with Gasteiger partial charge >= 0.3 is 12.2 Å². The number of phenols is 1. The molecule has 1 aliphatic carbocycles. The Morgan fingerprint density at radius 1 is 0.885 bits per heavy atom. The third-order valence-corrected chi connectivity index (χ3v) is 8.58. The van der Waals surface area contributed by atoms with Gasteiger partial charge in [-0.25, -0.2) is 4.79 Å². The Kier molecular flexibility index (Phi) is 12.9. The maximum absolute atomic E-state index is 13.6. The lowest BCUT2D eigenvalue weighted by molar-refractivity contribution is -0.911. The second-order valence-electron chi connectivity index (χ2n) is 13.0. The van der Waals surface area contributed by atoms with Gasteiger partial charge in [-0.15, -0.1) is 0 Å². The number of nitrogens with one attached hydrogen (secondary N) is 4. The second kappa shape index (κ2) is 17.1. The molecule has 52 heavy (non-hydrogen) atoms. The molecule has 1 unspecified atom stereocenters. The molecule has 280 valence electrons. The van der Waals surface area contributed by atoms with Crippen LogP contribution in [0, 0.1) is 0 Å². The van der Waals surface area contributed by atoms with E-state index < -0.39 is 24.2 Å². The summed E-state index contributed by atoms with van der Waals surface area (Å²) in [5.74, 6) is -1.94. The van der Waals surface area contributed by atoms with Gasteiger partial charge in [0, 0.05) is 35.7 Å². The van der Waals surface area contributed by atoms with Crippen molar-refractivity contribution in [2.75, 3.05) is 39.7 Å². The first-order valence-electron chi connectivity index (χ1n) is 16.5. The van der Waals surface area contributed by atoms with Crippen LogP contribution >= 0.6 is 0 Å². The number of amides is 4. The zero-order valence-electron chi connectivity index (χ0n) is 28.9. The molecule has 0 radical (unpaired) electrons. The van der Waals surface area contributed by atoms with Crippen LogP contribution in [0.15, 0.2) is 66.7 Å². The monoisotopic (exact) mass is 729 g/mol. The summed E-state index contributed by atoms with van der Waals surface area (Å²) in [5.41, 5.74) is 2.92. The average molecular weight is 730 g/mol. The number of hydrogen-bond acceptors (Lipinski definition) is 8. The number of halogens is 3. The van der Waals surface area contributed by atoms with Crippen molar-refractivity contribution >= 4 is 29.5 Å². The van der Waals surface area contributed by atoms with Crippen LogP contribution in [0.2, 0.25) is 0 Å². The molecule has 1 saturated carbocycles. The Balaban J connectivity index is 0.000000785. The summed E-state index contributed by atoms with van der Waals surface area (Å²) in [4.78, 5) is 47.7. The third kappa shape index (κ3) is 11.8. The number of carbonyl (C=O) groups excluding carboxylic acids is 4. The number of carboxylic acids is 1. The maximum atomic E-state index is 13.6. The van der Waals surface area contributed by atoms with E-state index in [0.717, 1.165) is 54.5 Å². The van der Waals surface area contributed by atoms with Gasteiger partial charge in [-0.2, -0.15) is 13.2 Å². The van der Waals surface area contributed by atoms with Crippen LogP contribution in [-0.2, 0) is 22.6 Å². The Bertz CT molecular complexity index is 1720. The number of likely N-dealkylation sites (N-methyl/N-ethyl adjacent to an activating group) is 1. The highest BCUT2D eigenvalue weighted by Gasteiger charge is 2.37. The van der Waals surface area contributed by atoms with Crippen LogP contribution in [0.5, 0.6) is 17.2 Å². The van der Waals surface area contributed by atoms with E-state index in [9.17, 15) is 32.7 Å². The number of carbonyl (C=O) groups is 4. The summed E-state index contributed by atoms with van der Waals surface area (Å²) in [6, 6.07) is 17.9. The molecule has 1 saturated heterocycles. The molecule has 5 rings (SSSR count). The first-order chi connectivity index (χ1) is 24.6. The van der Waals surface area contributed by atoms with Gasteiger partial charge in [0.15, 0.2) is 11.5 Å². The van der Waals surface area contributed by atoms with Crippen LogP contribution in [-0.4, -0.2) is 92.1 Å². The third-order valence-electron chi connectivity index (χ3n) is 8.58. The molecule has 1 aliphatic heterocycles. The van der Waals surface area contributed by atoms with Crippen molar-refractivity contribution in [3.8, 4) is 17.2 Å². The average Bonchev–Trinajstić information content (AvgIpc) is 3.84. The van der Waals surface area contributed by atoms with Crippen LogP contribution in [0.1, 0.15) is 40.7 Å². The summed E-state index contributed by atoms with van der Waals surface area (Å²) in [6.45, 7) is 2.38. The molecule has 4 amide bonds. The molecule has 0 spiro atoms. The smallest absolute Gasteiger partial charge is 0.430 e. The van der Waals surface area contributed by atoms with Gasteiger partial charge in [0.1, 0.15) is 24.3 Å². The highest BCUT2D eigenvalue weighted by Crippen LogP contribution is 2.30. The summed E-state index contributed by atoms with van der Waals surface area (Å²) in [5, 5.41) is 30.2. The van der Waals surface area contributed by atoms with Crippen molar-refractivity contribution in [1.82, 2.24) is 16.0 Å². The molecule has 2 fully saturated rings. The summed E-state index contributed by atoms with van der Waals surface area (Å²) >= 11 is 0. The van der Waals surface area contributed by atoms with Gasteiger partial charge in [-0.1, -0.05) is 12.1 Å². The number of hydrogen-bond donors (Lipinski definition) is 5. The molecular formula is C36H42F3N5O8. The van der Waals surface area contributed by atoms with Crippen LogP contribution in [0.3, 0.4) is 0 Å². The van der Waals surface area contributed by atoms with E-state index in [1.807, 2.05) is 18.2 Å². The zero-order valence-corrected chi connectivity index (χ0v) is 28.9. The number of methoxy groups -OCH3 is 2. The Labute approximate surface area is 298 Å². The van der Waals surface area contributed by atoms with Gasteiger partial charge in [0.05, 0.1) is 40.4 Å². The first-order valence-corrected chi connectivity index (χ1v) is 16.5. The summed E-state index contributed by atoms with van der Waals surface area (Å²) in [6.07, 6.45) is -2.15. The number of urea groups is 1. The standard InChI is InChI=1S/C34H41N5O6.C2HF3O2/c1-39(20-23-6-15-30(44-2)31(19-23)45-3)17-16-27(21-39)36-33(42)29(18-22-4-13-28(40)14-5-22)38-34(43)37-26-9-7-24(8-10-26)32(41)35-25-11-12-25;3-2(4,5)1(6)7/h4-10,13-15,19,25,27,29H,11-12,16-18,20-21H2,1-3H3,(H4-,35,36,37,38,40,41,42,43);(H,6,7)/t27-,29-,39?;/m0./s1. The largest absolute Gasteiger partial charge is 0.542 e. The van der Waals surface area contributed by atoms with E-state index in [1.165, 1.54) is 0 Å². The molecule has 3 atom stereocenters. The van der Waals surface area contributed by atoms with Crippen molar-refractivity contribution in [2.24, 2.45) is 0 Å². The Morgan fingerprint density at radius 3 is 2.08 bits per heavy atom. The fraction of sp³-hybridized carbons (Fsp3) is 0.389. The molecule has 0 aromatic heterocycles. The number of rotatable bonds is 12. The van der Waals surface area contributed by atoms with E-state index in [4.69, 9.17) is 19.4 Å². The number of ether oxygens (including phenoxy) is 2. The van der Waals surface area contributed by atoms with E-state index in [-0.39, 0.29) is 36.1 Å². The fourth-order valence-electron chi connectivity index (χ4n) is 5.77. The minimum absolute atomic E-state index is 0.0656. The number of phenolic OH excluding ortho intramolecular Hbond substituents is 1. The fourth-order valence-corrected chi connectivity index (χ4v) is 5.77. The number of alkyl halides is 3. The second-order valence-corrected chi connectivity index (χ2v) is 13.0. The molecule has 0 bridgehead atoms. The van der Waals surface area contributed by atoms with E-state index in [0.29, 0.717) is 22.7 Å². The number of quaternary nitrogens is 1. The van der Waals surface area contributed by atoms with Gasteiger partial charge < -0.3 is 50.2 Å². The van der Waals surface area contributed by atoms with Crippen LogP contribution in [0.25, 0.3) is 0 Å². The minimum atomic E-state index is -5.19. The van der Waals surface area contributed by atoms with Gasteiger partial charge in [0.25, 0.3) is 5.91 Å². The molecule has 16 heteroatoms. The highest BCUT2D eigenvalue weighted by atomic mass is 19.4. The predicted octanol–water partition coefficient (Wildman–Crippen LogP) is 2.87. The number of aromatic hydroxyl groups is 1. The maximum Gasteiger partial charge on any atom is 0.430 e. The normalized spacial score (nSPS) is 18.5. The van der Waals surface area contributed by atoms with E-state index in [1.54, 1.807) is 62.8 Å². The van der Waals surface area contributed by atoms with Gasteiger partial charge in [-0.3, -0.25) is 9.59 Å². The van der Waals surface area contributed by atoms with Gasteiger partial charge in [0.2, 0.25) is 5.91 Å². The molecule has 2 aliphatic rings. The summed E-state index contributed by atoms with van der Waals surface area (Å²) < 4.78 is 43.1. The topological polar surface area (TPSA) is 178 Å². The molecule has 13 nitrogen and oxygen atoms in total. The van der Waals surface area contributed by atoms with Crippen molar-refractivity contribution in [3.05, 3.63) is 83.4 Å². The highest BCUT2D eigenvalue weighted by molar-refractivity contribution is 5.96. The van der Waals surface area contributed by atoms with E-state index >= 15 is 0 Å². The van der Waals surface area contributed by atoms with Crippen molar-refractivity contribution in [2.45, 2.75) is 56.5 Å². The zero-order chi connectivity index (χ0) is 38.1. The van der Waals surface area contributed by atoms with Crippen molar-refractivity contribution in [1.29, 1.82) is 0 Å². The summed E-state index contributed by atoms with van der Waals surface area (Å²) in [7, 11) is 5.40. The lowest BCUT2D eigenvalue weighted by atomic mass is 10.0.